The molecule has 8 heteroatoms. The summed E-state index contributed by atoms with van der Waals surface area (Å²) in [4.78, 5) is 29.5. The maximum atomic E-state index is 12.2. The smallest absolute Gasteiger partial charge is 0.318 e. The van der Waals surface area contributed by atoms with Gasteiger partial charge in [0, 0.05) is 30.8 Å². The van der Waals surface area contributed by atoms with E-state index in [9.17, 15) is 9.59 Å². The number of thiazole rings is 1. The van der Waals surface area contributed by atoms with Crippen molar-refractivity contribution in [3.8, 4) is 0 Å². The molecule has 7 nitrogen and oxygen atoms in total. The molecule has 0 aliphatic carbocycles. The number of nitrogens with zero attached hydrogens (tertiary/aromatic N) is 2. The van der Waals surface area contributed by atoms with Crippen molar-refractivity contribution in [3.63, 3.8) is 0 Å². The molecule has 0 aliphatic heterocycles. The topological polar surface area (TPSA) is 83.6 Å². The van der Waals surface area contributed by atoms with E-state index in [0.29, 0.717) is 18.3 Å². The van der Waals surface area contributed by atoms with Gasteiger partial charge in [-0.3, -0.25) is 4.79 Å². The van der Waals surface area contributed by atoms with Crippen molar-refractivity contribution in [1.29, 1.82) is 0 Å². The van der Waals surface area contributed by atoms with E-state index in [1.807, 2.05) is 20.8 Å². The molecule has 0 saturated heterocycles. The summed E-state index contributed by atoms with van der Waals surface area (Å²) in [6, 6.07) is -0.297. The van der Waals surface area contributed by atoms with Crippen molar-refractivity contribution >= 4 is 28.4 Å². The Kier molecular flexibility index (Phi) is 6.57. The fourth-order valence-corrected chi connectivity index (χ4v) is 2.02. The van der Waals surface area contributed by atoms with Crippen molar-refractivity contribution in [2.45, 2.75) is 26.3 Å². The van der Waals surface area contributed by atoms with Gasteiger partial charge in [0.05, 0.1) is 6.61 Å². The van der Waals surface area contributed by atoms with Crippen LogP contribution in [0.3, 0.4) is 0 Å². The van der Waals surface area contributed by atoms with Gasteiger partial charge in [-0.25, -0.2) is 9.78 Å². The molecule has 2 N–H and O–H groups in total. The number of anilines is 1. The lowest BCUT2D eigenvalue weighted by atomic mass is 10.1. The summed E-state index contributed by atoms with van der Waals surface area (Å²) in [6.07, 6.45) is 1.61. The molecule has 1 rings (SSSR count). The Labute approximate surface area is 128 Å². The SMILES string of the molecule is COCCN(CC(=O)Nc1nccs1)C(=O)NC(C)(C)C. The number of urea groups is 1. The van der Waals surface area contributed by atoms with Crippen molar-refractivity contribution in [2.75, 3.05) is 32.1 Å². The van der Waals surface area contributed by atoms with E-state index in [-0.39, 0.29) is 24.0 Å². The normalized spacial score (nSPS) is 11.0. The zero-order valence-electron chi connectivity index (χ0n) is 12.8. The molecule has 0 saturated carbocycles. The number of ether oxygens (including phenoxy) is 1. The van der Waals surface area contributed by atoms with Crippen LogP contribution in [0.2, 0.25) is 0 Å². The van der Waals surface area contributed by atoms with Crippen LogP contribution in [-0.2, 0) is 9.53 Å². The Morgan fingerprint density at radius 3 is 2.67 bits per heavy atom. The molecule has 3 amide bonds. The van der Waals surface area contributed by atoms with Crippen LogP contribution < -0.4 is 10.6 Å². The number of carbonyl (C=O) groups excluding carboxylic acids is 2. The molecule has 1 heterocycles. The lowest BCUT2D eigenvalue weighted by molar-refractivity contribution is -0.116. The van der Waals surface area contributed by atoms with Gasteiger partial charge in [0.15, 0.2) is 5.13 Å². The van der Waals surface area contributed by atoms with E-state index in [1.165, 1.54) is 16.2 Å². The van der Waals surface area contributed by atoms with Gasteiger partial charge in [0.25, 0.3) is 0 Å². The number of amides is 3. The van der Waals surface area contributed by atoms with E-state index in [0.717, 1.165) is 0 Å². The third-order valence-corrected chi connectivity index (χ3v) is 3.04. The van der Waals surface area contributed by atoms with Crippen molar-refractivity contribution in [3.05, 3.63) is 11.6 Å². The number of methoxy groups -OCH3 is 1. The van der Waals surface area contributed by atoms with Crippen LogP contribution in [0, 0.1) is 0 Å². The van der Waals surface area contributed by atoms with Gasteiger partial charge in [0.2, 0.25) is 5.91 Å². The summed E-state index contributed by atoms with van der Waals surface area (Å²) in [7, 11) is 1.55. The zero-order chi connectivity index (χ0) is 15.9. The summed E-state index contributed by atoms with van der Waals surface area (Å²) in [5.74, 6) is -0.287. The molecule has 0 aliphatic rings. The second-order valence-corrected chi connectivity index (χ2v) is 6.37. The minimum atomic E-state index is -0.367. The lowest BCUT2D eigenvalue weighted by Crippen LogP contribution is -2.51. The third-order valence-electron chi connectivity index (χ3n) is 2.35. The van der Waals surface area contributed by atoms with E-state index in [4.69, 9.17) is 4.74 Å². The van der Waals surface area contributed by atoms with Crippen LogP contribution >= 0.6 is 11.3 Å². The Bertz CT molecular complexity index is 456. The van der Waals surface area contributed by atoms with Crippen LogP contribution in [0.4, 0.5) is 9.93 Å². The number of nitrogens with one attached hydrogen (secondary N) is 2. The second kappa shape index (κ2) is 7.94. The minimum absolute atomic E-state index is 0.0507. The van der Waals surface area contributed by atoms with E-state index in [2.05, 4.69) is 15.6 Å². The Morgan fingerprint density at radius 2 is 2.14 bits per heavy atom. The van der Waals surface area contributed by atoms with Crippen molar-refractivity contribution in [1.82, 2.24) is 15.2 Å². The van der Waals surface area contributed by atoms with Crippen LogP contribution in [0.25, 0.3) is 0 Å². The number of rotatable bonds is 6. The molecule has 0 spiro atoms. The van der Waals surface area contributed by atoms with Crippen molar-refractivity contribution < 1.29 is 14.3 Å². The van der Waals surface area contributed by atoms with Gasteiger partial charge in [-0.2, -0.15) is 0 Å². The number of aromatic nitrogens is 1. The summed E-state index contributed by atoms with van der Waals surface area (Å²) in [6.45, 7) is 6.30. The monoisotopic (exact) mass is 314 g/mol. The highest BCUT2D eigenvalue weighted by molar-refractivity contribution is 7.13. The molecule has 118 valence electrons. The van der Waals surface area contributed by atoms with Gasteiger partial charge in [0.1, 0.15) is 6.54 Å². The molecule has 0 aromatic carbocycles. The Balaban J connectivity index is 2.59. The first-order chi connectivity index (χ1) is 9.81. The van der Waals surface area contributed by atoms with E-state index >= 15 is 0 Å². The summed E-state index contributed by atoms with van der Waals surface area (Å²) >= 11 is 1.33. The molecular weight excluding hydrogens is 292 g/mol. The first kappa shape index (κ1) is 17.4. The van der Waals surface area contributed by atoms with Gasteiger partial charge < -0.3 is 20.3 Å². The largest absolute Gasteiger partial charge is 0.383 e. The highest BCUT2D eigenvalue weighted by Gasteiger charge is 2.21. The third kappa shape index (κ3) is 7.05. The van der Waals surface area contributed by atoms with Crippen LogP contribution in [0.5, 0.6) is 0 Å². The predicted octanol–water partition coefficient (Wildman–Crippen LogP) is 1.54. The number of carbonyl (C=O) groups is 2. The fraction of sp³-hybridized carbons (Fsp3) is 0.615. The van der Waals surface area contributed by atoms with Gasteiger partial charge in [-0.1, -0.05) is 0 Å². The van der Waals surface area contributed by atoms with Gasteiger partial charge >= 0.3 is 6.03 Å². The lowest BCUT2D eigenvalue weighted by Gasteiger charge is -2.27. The van der Waals surface area contributed by atoms with Crippen LogP contribution in [0.1, 0.15) is 20.8 Å². The van der Waals surface area contributed by atoms with Crippen LogP contribution in [0.15, 0.2) is 11.6 Å². The fourth-order valence-electron chi connectivity index (χ4n) is 1.47. The Morgan fingerprint density at radius 1 is 1.43 bits per heavy atom. The maximum Gasteiger partial charge on any atom is 0.318 e. The highest BCUT2D eigenvalue weighted by Crippen LogP contribution is 2.10. The molecule has 21 heavy (non-hydrogen) atoms. The average Bonchev–Trinajstić information content (AvgIpc) is 2.84. The summed E-state index contributed by atoms with van der Waals surface area (Å²) in [5.41, 5.74) is -0.367. The Hall–Kier alpha value is -1.67. The van der Waals surface area contributed by atoms with Gasteiger partial charge in [-0.05, 0) is 20.8 Å². The zero-order valence-corrected chi connectivity index (χ0v) is 13.6. The first-order valence-electron chi connectivity index (χ1n) is 6.57. The molecule has 1 aromatic heterocycles. The minimum Gasteiger partial charge on any atom is -0.383 e. The van der Waals surface area contributed by atoms with E-state index in [1.54, 1.807) is 18.7 Å². The van der Waals surface area contributed by atoms with Crippen molar-refractivity contribution in [2.24, 2.45) is 0 Å². The first-order valence-corrected chi connectivity index (χ1v) is 7.45. The van der Waals surface area contributed by atoms with Crippen LogP contribution in [-0.4, -0.2) is 54.2 Å². The molecule has 0 bridgehead atoms. The number of hydrogen-bond donors (Lipinski definition) is 2. The summed E-state index contributed by atoms with van der Waals surface area (Å²) < 4.78 is 4.98. The molecule has 0 atom stereocenters. The highest BCUT2D eigenvalue weighted by atomic mass is 32.1. The molecular formula is C13H22N4O3S. The number of hydrogen-bond acceptors (Lipinski definition) is 5. The molecule has 0 fully saturated rings. The average molecular weight is 314 g/mol. The maximum absolute atomic E-state index is 12.2. The molecule has 1 aromatic rings. The predicted molar refractivity (Wildman–Crippen MR) is 82.5 cm³/mol. The quantitative estimate of drug-likeness (QED) is 0.834. The summed E-state index contributed by atoms with van der Waals surface area (Å²) in [5, 5.41) is 7.77. The molecule has 0 radical (unpaired) electrons. The second-order valence-electron chi connectivity index (χ2n) is 5.48. The van der Waals surface area contributed by atoms with E-state index < -0.39 is 0 Å². The molecule has 0 unspecified atom stereocenters. The standard InChI is InChI=1S/C13H22N4O3S/c1-13(2,3)16-12(19)17(6-7-20-4)9-10(18)15-11-14-5-8-21-11/h5,8H,6-7,9H2,1-4H3,(H,16,19)(H,14,15,18). The van der Waals surface area contributed by atoms with Gasteiger partial charge in [-0.15, -0.1) is 11.3 Å².